The third kappa shape index (κ3) is 3.72. The molecular weight excluding hydrogens is 408 g/mol. The van der Waals surface area contributed by atoms with Gasteiger partial charge < -0.3 is 5.32 Å². The van der Waals surface area contributed by atoms with Crippen molar-refractivity contribution < 1.29 is 13.2 Å². The maximum atomic E-state index is 13.2. The number of rotatable bonds is 4. The number of carbonyl (C=O) groups is 1. The molecule has 1 aromatic carbocycles. The van der Waals surface area contributed by atoms with Gasteiger partial charge in [0.15, 0.2) is 0 Å². The average molecular weight is 437 g/mol. The first-order chi connectivity index (χ1) is 13.8. The molecular formula is C22H29ClN2O3S. The molecule has 1 aliphatic heterocycles. The number of hydrogen-bond donors (Lipinski definition) is 1. The lowest BCUT2D eigenvalue weighted by Crippen LogP contribution is -2.61. The van der Waals surface area contributed by atoms with Gasteiger partial charge in [0, 0.05) is 23.7 Å². The number of nitrogens with one attached hydrogen (secondary N) is 1. The Bertz CT molecular complexity index is 881. The zero-order chi connectivity index (χ0) is 20.2. The summed E-state index contributed by atoms with van der Waals surface area (Å²) in [4.78, 5) is 13.4. The van der Waals surface area contributed by atoms with E-state index in [0.29, 0.717) is 18.0 Å². The van der Waals surface area contributed by atoms with E-state index in [0.717, 1.165) is 43.4 Å². The van der Waals surface area contributed by atoms with E-state index in [4.69, 9.17) is 11.6 Å². The van der Waals surface area contributed by atoms with E-state index in [-0.39, 0.29) is 28.8 Å². The van der Waals surface area contributed by atoms with Crippen LogP contribution < -0.4 is 5.32 Å². The van der Waals surface area contributed by atoms with Crippen LogP contribution in [0.15, 0.2) is 29.2 Å². The topological polar surface area (TPSA) is 66.5 Å². The van der Waals surface area contributed by atoms with Crippen molar-refractivity contribution in [3.8, 4) is 0 Å². The minimum absolute atomic E-state index is 0.0278. The van der Waals surface area contributed by atoms with Crippen LogP contribution in [-0.2, 0) is 14.8 Å². The Morgan fingerprint density at radius 1 is 1.10 bits per heavy atom. The van der Waals surface area contributed by atoms with Gasteiger partial charge in [-0.25, -0.2) is 8.42 Å². The fraction of sp³-hybridized carbons (Fsp3) is 0.682. The molecule has 4 saturated carbocycles. The van der Waals surface area contributed by atoms with Gasteiger partial charge in [0.05, 0.1) is 10.8 Å². The fourth-order valence-electron chi connectivity index (χ4n) is 6.78. The zero-order valence-electron chi connectivity index (χ0n) is 16.6. The summed E-state index contributed by atoms with van der Waals surface area (Å²) in [5.74, 6) is 2.09. The molecule has 1 N–H and O–H groups in total. The first-order valence-corrected chi connectivity index (χ1v) is 12.7. The minimum Gasteiger partial charge on any atom is -0.350 e. The van der Waals surface area contributed by atoms with E-state index in [1.165, 1.54) is 29.6 Å². The monoisotopic (exact) mass is 436 g/mol. The van der Waals surface area contributed by atoms with Gasteiger partial charge >= 0.3 is 0 Å². The van der Waals surface area contributed by atoms with E-state index in [1.54, 1.807) is 18.2 Å². The van der Waals surface area contributed by atoms with Crippen molar-refractivity contribution in [3.63, 3.8) is 0 Å². The first kappa shape index (κ1) is 19.8. The molecule has 1 aromatic rings. The van der Waals surface area contributed by atoms with Gasteiger partial charge in [0.2, 0.25) is 15.9 Å². The summed E-state index contributed by atoms with van der Waals surface area (Å²) in [7, 11) is -3.64. The smallest absolute Gasteiger partial charge is 0.243 e. The van der Waals surface area contributed by atoms with Crippen LogP contribution in [0, 0.1) is 23.7 Å². The normalized spacial score (nSPS) is 36.9. The molecule has 7 heteroatoms. The predicted octanol–water partition coefficient (Wildman–Crippen LogP) is 3.83. The molecule has 0 unspecified atom stereocenters. The molecule has 5 fully saturated rings. The zero-order valence-corrected chi connectivity index (χ0v) is 18.2. The van der Waals surface area contributed by atoms with Crippen LogP contribution in [0.25, 0.3) is 0 Å². The SMILES string of the molecule is O=C(NC12CC3CC(CC(C3)C1)C2)[C@@H]1CCCN(S(=O)(=O)c2cccc(Cl)c2)C1. The van der Waals surface area contributed by atoms with Gasteiger partial charge in [-0.3, -0.25) is 4.79 Å². The summed E-state index contributed by atoms with van der Waals surface area (Å²) in [5, 5.41) is 3.84. The van der Waals surface area contributed by atoms with Gasteiger partial charge in [-0.05, 0) is 87.3 Å². The van der Waals surface area contributed by atoms with Crippen molar-refractivity contribution in [2.75, 3.05) is 13.1 Å². The Morgan fingerprint density at radius 2 is 1.76 bits per heavy atom. The van der Waals surface area contributed by atoms with Crippen molar-refractivity contribution in [3.05, 3.63) is 29.3 Å². The van der Waals surface area contributed by atoms with Gasteiger partial charge in [0.1, 0.15) is 0 Å². The maximum absolute atomic E-state index is 13.2. The van der Waals surface area contributed by atoms with Crippen LogP contribution in [0.1, 0.15) is 51.4 Å². The van der Waals surface area contributed by atoms with E-state index >= 15 is 0 Å². The number of carbonyl (C=O) groups excluding carboxylic acids is 1. The highest BCUT2D eigenvalue weighted by Gasteiger charge is 2.52. The van der Waals surface area contributed by atoms with E-state index < -0.39 is 10.0 Å². The van der Waals surface area contributed by atoms with Crippen molar-refractivity contribution in [1.29, 1.82) is 0 Å². The van der Waals surface area contributed by atoms with Crippen LogP contribution in [-0.4, -0.2) is 37.3 Å². The molecule has 0 aromatic heterocycles. The number of hydrogen-bond acceptors (Lipinski definition) is 3. The number of halogens is 1. The molecule has 1 atom stereocenters. The molecule has 6 rings (SSSR count). The Morgan fingerprint density at radius 3 is 2.38 bits per heavy atom. The van der Waals surface area contributed by atoms with Crippen molar-refractivity contribution in [1.82, 2.24) is 9.62 Å². The molecule has 4 aliphatic carbocycles. The highest BCUT2D eigenvalue weighted by Crippen LogP contribution is 2.55. The highest BCUT2D eigenvalue weighted by atomic mass is 35.5. The van der Waals surface area contributed by atoms with Crippen LogP contribution in [0.5, 0.6) is 0 Å². The standard InChI is InChI=1S/C22H29ClN2O3S/c23-19-4-1-5-20(10-19)29(27,28)25-6-2-3-18(14-25)21(26)24-22-11-15-7-16(12-22)9-17(8-15)13-22/h1,4-5,10,15-18H,2-3,6-9,11-14H2,(H,24,26)/t15?,16?,17?,18-,22?/m1/s1. The van der Waals surface area contributed by atoms with Gasteiger partial charge in [0.25, 0.3) is 0 Å². The summed E-state index contributed by atoms with van der Waals surface area (Å²) >= 11 is 5.99. The summed E-state index contributed by atoms with van der Waals surface area (Å²) in [6, 6.07) is 6.37. The molecule has 5 aliphatic rings. The largest absolute Gasteiger partial charge is 0.350 e. The lowest BCUT2D eigenvalue weighted by molar-refractivity contribution is -0.131. The number of amides is 1. The molecule has 1 heterocycles. The van der Waals surface area contributed by atoms with Gasteiger partial charge in [-0.15, -0.1) is 0 Å². The Labute approximate surface area is 178 Å². The van der Waals surface area contributed by atoms with Crippen LogP contribution in [0.2, 0.25) is 5.02 Å². The molecule has 0 spiro atoms. The first-order valence-electron chi connectivity index (χ1n) is 10.9. The third-order valence-electron chi connectivity index (χ3n) is 7.62. The van der Waals surface area contributed by atoms with Gasteiger partial charge in [-0.2, -0.15) is 4.31 Å². The van der Waals surface area contributed by atoms with E-state index in [2.05, 4.69) is 5.32 Å². The summed E-state index contributed by atoms with van der Waals surface area (Å²) in [6.45, 7) is 0.711. The quantitative estimate of drug-likeness (QED) is 0.780. The number of piperidine rings is 1. The molecule has 1 saturated heterocycles. The van der Waals surface area contributed by atoms with Crippen LogP contribution in [0.4, 0.5) is 0 Å². The van der Waals surface area contributed by atoms with E-state index in [1.807, 2.05) is 0 Å². The fourth-order valence-corrected chi connectivity index (χ4v) is 8.60. The number of sulfonamides is 1. The third-order valence-corrected chi connectivity index (χ3v) is 9.71. The Hall–Kier alpha value is -1.11. The highest BCUT2D eigenvalue weighted by molar-refractivity contribution is 7.89. The lowest BCUT2D eigenvalue weighted by Gasteiger charge is -2.57. The molecule has 29 heavy (non-hydrogen) atoms. The van der Waals surface area contributed by atoms with Crippen LogP contribution in [0.3, 0.4) is 0 Å². The maximum Gasteiger partial charge on any atom is 0.243 e. The molecule has 4 bridgehead atoms. The molecule has 158 valence electrons. The van der Waals surface area contributed by atoms with Crippen molar-refractivity contribution in [2.24, 2.45) is 23.7 Å². The predicted molar refractivity (Wildman–Crippen MR) is 112 cm³/mol. The molecule has 5 nitrogen and oxygen atoms in total. The molecule has 0 radical (unpaired) electrons. The second-order valence-electron chi connectivity index (χ2n) is 9.85. The summed E-state index contributed by atoms with van der Waals surface area (Å²) in [5.41, 5.74) is -0.0278. The van der Waals surface area contributed by atoms with Crippen LogP contribution >= 0.6 is 11.6 Å². The van der Waals surface area contributed by atoms with E-state index in [9.17, 15) is 13.2 Å². The summed E-state index contributed by atoms with van der Waals surface area (Å²) < 4.78 is 27.6. The average Bonchev–Trinajstić information content (AvgIpc) is 2.66. The Balaban J connectivity index is 1.29. The van der Waals surface area contributed by atoms with Gasteiger partial charge in [-0.1, -0.05) is 17.7 Å². The second-order valence-corrected chi connectivity index (χ2v) is 12.2. The molecule has 1 amide bonds. The minimum atomic E-state index is -3.64. The van der Waals surface area contributed by atoms with Crippen molar-refractivity contribution >= 4 is 27.5 Å². The second kappa shape index (κ2) is 7.24. The number of benzene rings is 1. The number of nitrogens with zero attached hydrogens (tertiary/aromatic N) is 1. The van der Waals surface area contributed by atoms with Crippen molar-refractivity contribution in [2.45, 2.75) is 61.8 Å². The Kier molecular flexibility index (Phi) is 4.95. The summed E-state index contributed by atoms with van der Waals surface area (Å²) in [6.07, 6.45) is 8.81. The lowest BCUT2D eigenvalue weighted by atomic mass is 9.53.